The number of aliphatic hydroxyl groups is 1. The summed E-state index contributed by atoms with van der Waals surface area (Å²) in [5.41, 5.74) is 3.43. The molecule has 2 aromatic rings. The summed E-state index contributed by atoms with van der Waals surface area (Å²) < 4.78 is 0. The van der Waals surface area contributed by atoms with Gasteiger partial charge >= 0.3 is 0 Å². The first-order valence-electron chi connectivity index (χ1n) is 8.00. The van der Waals surface area contributed by atoms with E-state index in [9.17, 15) is 30.4 Å². The third-order valence-electron chi connectivity index (χ3n) is 4.11. The minimum absolute atomic E-state index is 0.0888. The number of aliphatic hydroxyl groups excluding tert-OH is 1. The van der Waals surface area contributed by atoms with E-state index in [2.05, 4.69) is 16.1 Å². The molecule has 1 unspecified atom stereocenters. The molecule has 1 amide bonds. The van der Waals surface area contributed by atoms with Crippen LogP contribution in [-0.4, -0.2) is 21.1 Å². The van der Waals surface area contributed by atoms with Gasteiger partial charge in [-0.3, -0.25) is 20.1 Å². The highest BCUT2D eigenvalue weighted by Crippen LogP contribution is 2.34. The smallest absolute Gasteiger partial charge is 0.274 e. The Kier molecular flexibility index (Phi) is 5.58. The number of nitrogens with zero attached hydrogens (tertiary/aromatic N) is 2. The molecule has 1 heterocycles. The van der Waals surface area contributed by atoms with Crippen LogP contribution in [0.1, 0.15) is 11.7 Å². The number of hydrazine groups is 1. The predicted molar refractivity (Wildman–Crippen MR) is 101 cm³/mol. The molecule has 0 bridgehead atoms. The molecule has 0 saturated carbocycles. The lowest BCUT2D eigenvalue weighted by Crippen LogP contribution is -2.36. The van der Waals surface area contributed by atoms with Crippen LogP contribution in [0.15, 0.2) is 53.9 Å². The van der Waals surface area contributed by atoms with Gasteiger partial charge in [-0.05, 0) is 23.8 Å². The number of rotatable bonds is 6. The zero-order valence-corrected chi connectivity index (χ0v) is 14.4. The minimum Gasteiger partial charge on any atom is -0.770 e. The van der Waals surface area contributed by atoms with Crippen molar-refractivity contribution in [3.8, 4) is 0 Å². The van der Waals surface area contributed by atoms with Gasteiger partial charge in [0.2, 0.25) is 0 Å². The molecule has 0 aliphatic carbocycles. The maximum atomic E-state index is 12.5. The summed E-state index contributed by atoms with van der Waals surface area (Å²) in [5, 5.41) is 56.9. The van der Waals surface area contributed by atoms with Crippen molar-refractivity contribution in [3.05, 3.63) is 80.0 Å². The molecule has 0 saturated heterocycles. The molecule has 152 valence electrons. The Bertz CT molecular complexity index is 976. The van der Waals surface area contributed by atoms with Crippen molar-refractivity contribution >= 4 is 28.7 Å². The van der Waals surface area contributed by atoms with Crippen LogP contribution in [0.5, 0.6) is 0 Å². The highest BCUT2D eigenvalue weighted by Gasteiger charge is 2.28. The average Bonchev–Trinajstić information content (AvgIpc) is 2.70. The molecule has 3 rings (SSSR count). The number of hydrogen-bond donors (Lipinski definition) is 6. The van der Waals surface area contributed by atoms with E-state index in [4.69, 9.17) is 5.21 Å². The van der Waals surface area contributed by atoms with Crippen molar-refractivity contribution in [1.29, 1.82) is 0 Å². The molecular weight excluding hydrogens is 388 g/mol. The van der Waals surface area contributed by atoms with E-state index in [1.807, 2.05) is 0 Å². The van der Waals surface area contributed by atoms with E-state index in [1.165, 1.54) is 42.0 Å². The van der Waals surface area contributed by atoms with E-state index in [0.717, 1.165) is 6.07 Å². The number of carbonyl (C=O) groups excluding carboxylic acids is 1. The standard InChI is InChI=1S/C16H14N6O7/c23-15(8-1-3-9(4-2-8)21(26)27)13(19-20-25)14-16(24)18-12-7-10(22(28)29)5-6-11(12)17-14/h1-7,15,17,19-20,23,26H,(H,18,24)/q-2/b14-13+. The molecule has 0 aromatic heterocycles. The summed E-state index contributed by atoms with van der Waals surface area (Å²) in [6, 6.07) is 8.81. The Morgan fingerprint density at radius 3 is 2.41 bits per heavy atom. The van der Waals surface area contributed by atoms with Crippen LogP contribution in [-0.2, 0) is 4.79 Å². The molecule has 1 aliphatic heterocycles. The Hall–Kier alpha value is -3.75. The van der Waals surface area contributed by atoms with Gasteiger partial charge in [0.15, 0.2) is 0 Å². The molecule has 2 aromatic carbocycles. The highest BCUT2D eigenvalue weighted by atomic mass is 16.8. The largest absolute Gasteiger partial charge is 0.770 e. The Morgan fingerprint density at radius 2 is 1.83 bits per heavy atom. The monoisotopic (exact) mass is 402 g/mol. The number of nitro benzene ring substituents is 1. The molecule has 13 nitrogen and oxygen atoms in total. The molecule has 1 aliphatic rings. The van der Waals surface area contributed by atoms with Gasteiger partial charge in [0, 0.05) is 12.1 Å². The predicted octanol–water partition coefficient (Wildman–Crippen LogP) is 1.19. The Balaban J connectivity index is 1.98. The van der Waals surface area contributed by atoms with E-state index in [0.29, 0.717) is 5.69 Å². The third-order valence-corrected chi connectivity index (χ3v) is 4.11. The zero-order chi connectivity index (χ0) is 21.1. The van der Waals surface area contributed by atoms with Crippen molar-refractivity contribution in [2.75, 3.05) is 15.9 Å². The van der Waals surface area contributed by atoms with Gasteiger partial charge in [-0.1, -0.05) is 12.1 Å². The van der Waals surface area contributed by atoms with Crippen LogP contribution in [0.25, 0.3) is 0 Å². The molecule has 0 spiro atoms. The first kappa shape index (κ1) is 20.0. The second-order valence-electron chi connectivity index (χ2n) is 5.85. The number of nitro groups is 1. The van der Waals surface area contributed by atoms with Crippen molar-refractivity contribution in [2.45, 2.75) is 6.10 Å². The van der Waals surface area contributed by atoms with Gasteiger partial charge < -0.3 is 42.4 Å². The van der Waals surface area contributed by atoms with Crippen molar-refractivity contribution in [3.63, 3.8) is 0 Å². The van der Waals surface area contributed by atoms with Crippen LogP contribution in [0, 0.1) is 20.5 Å². The van der Waals surface area contributed by atoms with Gasteiger partial charge in [-0.2, -0.15) is 0 Å². The van der Waals surface area contributed by atoms with E-state index < -0.39 is 16.9 Å². The van der Waals surface area contributed by atoms with Crippen LogP contribution in [0.3, 0.4) is 0 Å². The Morgan fingerprint density at radius 1 is 1.14 bits per heavy atom. The fourth-order valence-electron chi connectivity index (χ4n) is 2.70. The number of amides is 1. The Labute approximate surface area is 162 Å². The van der Waals surface area contributed by atoms with Crippen LogP contribution in [0.4, 0.5) is 22.7 Å². The van der Waals surface area contributed by atoms with Gasteiger partial charge in [0.1, 0.15) is 11.8 Å². The number of hydrogen-bond acceptors (Lipinski definition) is 11. The van der Waals surface area contributed by atoms with Crippen LogP contribution >= 0.6 is 0 Å². The molecule has 6 N–H and O–H groups in total. The SMILES string of the molecule is O=C1Nc2cc([N+](=O)[O-])ccc2N/C1=C(/NN[O-])C(O)c1ccc(N([O-])O)cc1. The van der Waals surface area contributed by atoms with Crippen LogP contribution in [0.2, 0.25) is 0 Å². The fraction of sp³-hybridized carbons (Fsp3) is 0.0625. The van der Waals surface area contributed by atoms with E-state index in [-0.39, 0.29) is 39.2 Å². The molecule has 1 atom stereocenters. The first-order valence-corrected chi connectivity index (χ1v) is 8.00. The molecule has 0 fully saturated rings. The van der Waals surface area contributed by atoms with Crippen LogP contribution < -0.4 is 26.9 Å². The lowest BCUT2D eigenvalue weighted by atomic mass is 10.0. The second-order valence-corrected chi connectivity index (χ2v) is 5.85. The topological polar surface area (TPSA) is 198 Å². The summed E-state index contributed by atoms with van der Waals surface area (Å²) in [4.78, 5) is 22.7. The van der Waals surface area contributed by atoms with Crippen molar-refractivity contribution in [2.24, 2.45) is 0 Å². The number of benzene rings is 2. The number of non-ortho nitro benzene ring substituents is 1. The first-order chi connectivity index (χ1) is 13.8. The third kappa shape index (κ3) is 4.08. The quantitative estimate of drug-likeness (QED) is 0.230. The lowest BCUT2D eigenvalue weighted by molar-refractivity contribution is -0.384. The average molecular weight is 402 g/mol. The number of carbonyl (C=O) groups is 1. The molecule has 29 heavy (non-hydrogen) atoms. The highest BCUT2D eigenvalue weighted by molar-refractivity contribution is 6.11. The molecule has 13 heteroatoms. The summed E-state index contributed by atoms with van der Waals surface area (Å²) in [7, 11) is 0. The summed E-state index contributed by atoms with van der Waals surface area (Å²) in [6.45, 7) is 0. The van der Waals surface area contributed by atoms with Gasteiger partial charge in [0.25, 0.3) is 11.6 Å². The van der Waals surface area contributed by atoms with Crippen molar-refractivity contribution < 1.29 is 20.0 Å². The number of fused-ring (bicyclic) bond motifs is 1. The number of nitrogens with one attached hydrogen (secondary N) is 4. The zero-order valence-electron chi connectivity index (χ0n) is 14.4. The maximum Gasteiger partial charge on any atom is 0.274 e. The minimum atomic E-state index is -1.50. The van der Waals surface area contributed by atoms with Gasteiger partial charge in [0.05, 0.1) is 27.7 Å². The van der Waals surface area contributed by atoms with Crippen molar-refractivity contribution in [1.82, 2.24) is 11.0 Å². The normalized spacial score (nSPS) is 15.5. The maximum absolute atomic E-state index is 12.5. The fourth-order valence-corrected chi connectivity index (χ4v) is 2.70. The molecular formula is C16H14N6O7-2. The molecule has 0 radical (unpaired) electrons. The second kappa shape index (κ2) is 8.09. The summed E-state index contributed by atoms with van der Waals surface area (Å²) in [5.74, 6) is -0.757. The summed E-state index contributed by atoms with van der Waals surface area (Å²) in [6.07, 6.45) is -1.50. The van der Waals surface area contributed by atoms with E-state index >= 15 is 0 Å². The van der Waals surface area contributed by atoms with E-state index in [1.54, 1.807) is 0 Å². The number of anilines is 3. The lowest BCUT2D eigenvalue weighted by Gasteiger charge is -2.28. The summed E-state index contributed by atoms with van der Waals surface area (Å²) >= 11 is 0. The van der Waals surface area contributed by atoms with Gasteiger partial charge in [-0.25, -0.2) is 0 Å². The van der Waals surface area contributed by atoms with Gasteiger partial charge in [-0.15, -0.1) is 0 Å².